The predicted octanol–water partition coefficient (Wildman–Crippen LogP) is 0.328. The number of phenols is 1. The van der Waals surface area contributed by atoms with Crippen molar-refractivity contribution in [3.05, 3.63) is 149 Å². The Balaban J connectivity index is -0.000000524. The first kappa shape index (κ1) is 82.2. The van der Waals surface area contributed by atoms with E-state index in [0.717, 1.165) is 29.0 Å². The Hall–Kier alpha value is -2.01. The second-order valence-corrected chi connectivity index (χ2v) is 19.0. The molecule has 5 aromatic rings. The third-order valence-electron chi connectivity index (χ3n) is 11.1. The third-order valence-corrected chi connectivity index (χ3v) is 11.9. The Morgan fingerprint density at radius 3 is 1.27 bits per heavy atom. The van der Waals surface area contributed by atoms with Gasteiger partial charge in [-0.1, -0.05) is 106 Å². The summed E-state index contributed by atoms with van der Waals surface area (Å²) in [5, 5.41) is 37.5. The maximum Gasteiger partial charge on any atom is 1.00 e. The standard InChI is InChI=1S/C24H28O5.C21H24O4.C10H12O5S.CH2O3.2K.4H2S.H/c1-4-13-26-14-20(25)15-27-21-9-5-18(6-10-21)24(2,3)19-7-11-22(12-8-19)28-16-23-17-29-23;1-4-13-24-14-19(23)15-25-20-11-7-17(8-12-20)21(2,3)16-5-9-18(22)10-6-16;1-8-2-4-9(5-3-8)15-16(11,12)14-7-10-6-13-10;2-1-4-3;;;;;;;/h1,5-12,20,23,25H,13-17H2,2-3H3;1,5-12,19,22-23H,13-15H2,2-3H3;2-5,10H,6-7H2,1H3;1,3H;;;4*1H2;/q;;;;2*+1;;;;;-1/p-1/t20-,23+;19-;10-;;;;;;;;/m000......../s1. The number of ether oxygens (including phenoxy) is 7. The predicted molar refractivity (Wildman–Crippen MR) is 315 cm³/mol. The van der Waals surface area contributed by atoms with E-state index >= 15 is 0 Å². The number of aliphatic hydroxyl groups excluding tert-OH is 2. The molecule has 0 aliphatic carbocycles. The fraction of sp³-hybridized carbons (Fsp3) is 0.375. The molecule has 0 radical (unpaired) electrons. The number of carbonyl (C=O) groups excluding carboxylic acids is 1. The second-order valence-electron chi connectivity index (χ2n) is 17.7. The number of carbonyl (C=O) groups is 1. The SMILES string of the molecule is C#CCOC[C@H](O)COc1ccc(C(C)(C)c2ccc(O)cc2)cc1.C#CCOC[C@H](O)COc1ccc(C(C)(C)c2ccc(OC[C@@H]3CO3)cc2)cc1.Cc1ccc(OS(=O)(=O)OC[C@@H]2CO2)cc1.O=CO[O-].S.S.S.S.[H-].[K+].[K+]. The number of hydrogen-bond donors (Lipinski definition) is 3. The molecule has 5 aromatic carbocycles. The summed E-state index contributed by atoms with van der Waals surface area (Å²) in [6.07, 6.45) is 8.89. The Morgan fingerprint density at radius 1 is 0.613 bits per heavy atom. The maximum absolute atomic E-state index is 11.3. The van der Waals surface area contributed by atoms with Crippen molar-refractivity contribution in [1.82, 2.24) is 0 Å². The van der Waals surface area contributed by atoms with Gasteiger partial charge in [-0.05, 0) is 89.8 Å². The first-order valence-electron chi connectivity index (χ1n) is 23.4. The summed E-state index contributed by atoms with van der Waals surface area (Å²) < 4.78 is 69.1. The summed E-state index contributed by atoms with van der Waals surface area (Å²) in [6.45, 7) is 13.3. The molecule has 2 aliphatic heterocycles. The van der Waals surface area contributed by atoms with Gasteiger partial charge in [0.2, 0.25) is 0 Å². The van der Waals surface area contributed by atoms with Gasteiger partial charge in [0.25, 0.3) is 6.47 Å². The molecule has 2 fully saturated rings. The molecule has 2 heterocycles. The fourth-order valence-electron chi connectivity index (χ4n) is 6.52. The first-order chi connectivity index (χ1) is 35.4. The van der Waals surface area contributed by atoms with Crippen LogP contribution in [-0.4, -0.2) is 121 Å². The molecule has 3 N–H and O–H groups in total. The summed E-state index contributed by atoms with van der Waals surface area (Å²) in [6, 6.07) is 37.8. The van der Waals surface area contributed by atoms with Crippen molar-refractivity contribution in [2.45, 2.75) is 69.9 Å². The van der Waals surface area contributed by atoms with Gasteiger partial charge in [-0.2, -0.15) is 62.4 Å². The summed E-state index contributed by atoms with van der Waals surface area (Å²) >= 11 is 0. The molecule has 0 aromatic heterocycles. The van der Waals surface area contributed by atoms with E-state index in [9.17, 15) is 23.7 Å². The molecule has 0 unspecified atom stereocenters. The summed E-state index contributed by atoms with van der Waals surface area (Å²) in [4.78, 5) is 11.2. The Morgan fingerprint density at radius 2 is 0.938 bits per heavy atom. The van der Waals surface area contributed by atoms with Crippen LogP contribution in [0.1, 0.15) is 56.9 Å². The van der Waals surface area contributed by atoms with Gasteiger partial charge in [-0.15, -0.1) is 12.8 Å². The normalized spacial score (nSPS) is 14.1. The number of epoxide rings is 2. The zero-order valence-electron chi connectivity index (χ0n) is 47.1. The summed E-state index contributed by atoms with van der Waals surface area (Å²) in [5.74, 6) is 7.44. The van der Waals surface area contributed by atoms with Crippen molar-refractivity contribution in [2.75, 3.05) is 66.1 Å². The van der Waals surface area contributed by atoms with Crippen LogP contribution in [0, 0.1) is 31.6 Å². The number of aromatic hydroxyl groups is 1. The molecule has 2 aliphatic rings. The average molecular weight is 1260 g/mol. The number of terminal acetylenes is 2. The molecule has 4 atom stereocenters. The number of aliphatic hydroxyl groups is 2. The van der Waals surface area contributed by atoms with Crippen LogP contribution in [0.2, 0.25) is 0 Å². The van der Waals surface area contributed by atoms with Gasteiger partial charge in [-0.25, -0.2) is 4.18 Å². The first-order valence-corrected chi connectivity index (χ1v) is 24.7. The van der Waals surface area contributed by atoms with Crippen molar-refractivity contribution in [1.29, 1.82) is 0 Å². The van der Waals surface area contributed by atoms with Crippen molar-refractivity contribution < 1.29 is 184 Å². The zero-order valence-corrected chi connectivity index (χ0v) is 57.2. The Bertz CT molecular complexity index is 2620. The third kappa shape index (κ3) is 32.3. The van der Waals surface area contributed by atoms with E-state index in [1.54, 1.807) is 36.4 Å². The number of benzene rings is 5. The number of hydrogen-bond acceptors (Lipinski definition) is 17. The van der Waals surface area contributed by atoms with Crippen LogP contribution in [0.5, 0.6) is 28.7 Å². The summed E-state index contributed by atoms with van der Waals surface area (Å²) in [5.41, 5.74) is 5.26. The maximum atomic E-state index is 11.3. The van der Waals surface area contributed by atoms with Crippen LogP contribution in [-0.2, 0) is 54.0 Å². The molecule has 0 amide bonds. The van der Waals surface area contributed by atoms with Crippen LogP contribution < -0.4 is 126 Å². The van der Waals surface area contributed by atoms with E-state index in [1.807, 2.05) is 79.7 Å². The minimum absolute atomic E-state index is 0. The number of aryl methyl sites for hydroxylation is 1. The van der Waals surface area contributed by atoms with Gasteiger partial charge < -0.3 is 64.2 Å². The second kappa shape index (κ2) is 43.6. The van der Waals surface area contributed by atoms with E-state index in [1.165, 1.54) is 11.1 Å². The summed E-state index contributed by atoms with van der Waals surface area (Å²) in [7, 11) is -3.98. The Kier molecular flexibility index (Phi) is 44.8. The van der Waals surface area contributed by atoms with E-state index in [2.05, 4.69) is 60.7 Å². The van der Waals surface area contributed by atoms with Gasteiger partial charge in [0, 0.05) is 10.8 Å². The molecule has 0 spiro atoms. The van der Waals surface area contributed by atoms with Gasteiger partial charge in [0.05, 0.1) is 33.0 Å². The van der Waals surface area contributed by atoms with E-state index in [-0.39, 0.29) is 245 Å². The molecule has 7 rings (SSSR count). The van der Waals surface area contributed by atoms with Crippen molar-refractivity contribution in [2.24, 2.45) is 0 Å². The molecular formula is C56H74K2O17S5. The molecular weight excluding hydrogens is 1180 g/mol. The molecule has 2 saturated heterocycles. The minimum Gasteiger partial charge on any atom is -1.00 e. The van der Waals surface area contributed by atoms with Crippen molar-refractivity contribution >= 4 is 70.9 Å². The van der Waals surface area contributed by atoms with Gasteiger partial charge in [0.15, 0.2) is 0 Å². The number of phenolic OH excluding ortho intramolecular Hbond substituents is 1. The van der Waals surface area contributed by atoms with Gasteiger partial charge >= 0.3 is 113 Å². The minimum atomic E-state index is -3.98. The quantitative estimate of drug-likeness (QED) is 0.0136. The molecule has 80 heavy (non-hydrogen) atoms. The van der Waals surface area contributed by atoms with Gasteiger partial charge in [-0.3, -0.25) is 4.79 Å². The van der Waals surface area contributed by atoms with Crippen LogP contribution in [0.4, 0.5) is 0 Å². The van der Waals surface area contributed by atoms with E-state index in [4.69, 9.17) is 60.2 Å². The zero-order chi connectivity index (χ0) is 54.0. The molecule has 432 valence electrons. The fourth-order valence-corrected chi connectivity index (χ4v) is 7.23. The monoisotopic (exact) mass is 1260 g/mol. The van der Waals surface area contributed by atoms with Crippen LogP contribution in [0.15, 0.2) is 121 Å². The molecule has 24 heteroatoms. The number of rotatable bonds is 25. The smallest absolute Gasteiger partial charge is 1.00 e. The largest absolute Gasteiger partial charge is 1.00 e. The van der Waals surface area contributed by atoms with Crippen LogP contribution in [0.25, 0.3) is 0 Å². The topological polar surface area (TPSA) is 234 Å². The Labute approximate surface area is 586 Å². The van der Waals surface area contributed by atoms with Crippen LogP contribution in [0.3, 0.4) is 0 Å². The molecule has 17 nitrogen and oxygen atoms in total. The van der Waals surface area contributed by atoms with Crippen LogP contribution >= 0.6 is 54.0 Å². The average Bonchev–Trinajstić information content (AvgIpc) is 4.35. The van der Waals surface area contributed by atoms with Crippen molar-refractivity contribution in [3.8, 4) is 53.4 Å². The van der Waals surface area contributed by atoms with Gasteiger partial charge in [0.1, 0.15) is 86.2 Å². The van der Waals surface area contributed by atoms with E-state index < -0.39 is 22.6 Å². The molecule has 0 saturated carbocycles. The van der Waals surface area contributed by atoms with E-state index in [0.29, 0.717) is 24.7 Å². The molecule has 0 bridgehead atoms. The van der Waals surface area contributed by atoms with Crippen molar-refractivity contribution in [3.63, 3.8) is 0 Å².